The fraction of sp³-hybridized carbons (Fsp3) is 0.714. The summed E-state index contributed by atoms with van der Waals surface area (Å²) in [5, 5.41) is 16.3. The predicted molar refractivity (Wildman–Crippen MR) is 99.6 cm³/mol. The van der Waals surface area contributed by atoms with Crippen LogP contribution in [-0.4, -0.2) is 65.0 Å². The Labute approximate surface area is 157 Å². The number of rotatable bonds is 11. The molecular formula is C14H26N4O5S2. The normalized spacial score (nSPS) is 15.4. The monoisotopic (exact) mass is 394 g/mol. The third-order valence-electron chi connectivity index (χ3n) is 3.57. The summed E-state index contributed by atoms with van der Waals surface area (Å²) in [5.74, 6) is -3.16. The Balaban J connectivity index is 4.65. The minimum absolute atomic E-state index is 0.0332. The lowest BCUT2D eigenvalue weighted by molar-refractivity contribution is -0.143. The number of hydrogen-bond donors (Lipinski definition) is 7. The molecule has 0 rings (SSSR count). The Morgan fingerprint density at radius 1 is 1.08 bits per heavy atom. The van der Waals surface area contributed by atoms with Crippen LogP contribution < -0.4 is 21.7 Å². The molecule has 4 atom stereocenters. The first-order valence-electron chi connectivity index (χ1n) is 7.75. The minimum Gasteiger partial charge on any atom is -0.480 e. The molecule has 0 spiro atoms. The van der Waals surface area contributed by atoms with E-state index in [1.165, 1.54) is 0 Å². The van der Waals surface area contributed by atoms with E-state index >= 15 is 0 Å². The number of carboxylic acids is 1. The smallest absolute Gasteiger partial charge is 0.326 e. The van der Waals surface area contributed by atoms with Crippen LogP contribution in [0.25, 0.3) is 0 Å². The number of thiol groups is 2. The first-order chi connectivity index (χ1) is 11.7. The van der Waals surface area contributed by atoms with Crippen molar-refractivity contribution in [2.24, 2.45) is 11.7 Å². The summed E-state index contributed by atoms with van der Waals surface area (Å²) in [6.07, 6.45) is 0.562. The van der Waals surface area contributed by atoms with E-state index in [0.717, 1.165) is 0 Å². The highest BCUT2D eigenvalue weighted by Crippen LogP contribution is 2.08. The van der Waals surface area contributed by atoms with Gasteiger partial charge in [-0.25, -0.2) is 4.79 Å². The lowest BCUT2D eigenvalue weighted by Gasteiger charge is -2.23. The van der Waals surface area contributed by atoms with E-state index in [9.17, 15) is 24.3 Å². The van der Waals surface area contributed by atoms with E-state index in [1.807, 2.05) is 6.92 Å². The van der Waals surface area contributed by atoms with Crippen molar-refractivity contribution in [1.82, 2.24) is 16.0 Å². The van der Waals surface area contributed by atoms with Gasteiger partial charge in [-0.3, -0.25) is 14.4 Å². The molecule has 0 aliphatic heterocycles. The van der Waals surface area contributed by atoms with Crippen molar-refractivity contribution in [3.05, 3.63) is 0 Å². The average Bonchev–Trinajstić information content (AvgIpc) is 2.59. The molecule has 0 aromatic carbocycles. The molecule has 4 unspecified atom stereocenters. The Morgan fingerprint density at radius 2 is 1.68 bits per heavy atom. The zero-order chi connectivity index (χ0) is 19.6. The second kappa shape index (κ2) is 12.0. The third-order valence-corrected chi connectivity index (χ3v) is 4.33. The van der Waals surface area contributed by atoms with Crippen molar-refractivity contribution in [2.45, 2.75) is 38.4 Å². The van der Waals surface area contributed by atoms with Gasteiger partial charge in [0.2, 0.25) is 17.7 Å². The van der Waals surface area contributed by atoms with Crippen LogP contribution in [0.5, 0.6) is 0 Å². The molecule has 0 aromatic heterocycles. The number of nitrogens with one attached hydrogen (secondary N) is 3. The molecule has 0 heterocycles. The molecular weight excluding hydrogens is 368 g/mol. The van der Waals surface area contributed by atoms with Crippen LogP contribution in [-0.2, 0) is 19.2 Å². The van der Waals surface area contributed by atoms with Gasteiger partial charge in [0.05, 0.1) is 12.6 Å². The van der Waals surface area contributed by atoms with Crippen LogP contribution in [0.1, 0.15) is 20.3 Å². The van der Waals surface area contributed by atoms with Crippen LogP contribution >= 0.6 is 25.3 Å². The van der Waals surface area contributed by atoms with Crippen LogP contribution in [0.15, 0.2) is 0 Å². The van der Waals surface area contributed by atoms with Gasteiger partial charge in [-0.1, -0.05) is 20.3 Å². The summed E-state index contributed by atoms with van der Waals surface area (Å²) < 4.78 is 0. The molecule has 6 N–H and O–H groups in total. The van der Waals surface area contributed by atoms with E-state index < -0.39 is 41.8 Å². The van der Waals surface area contributed by atoms with E-state index in [-0.39, 0.29) is 24.0 Å². The predicted octanol–water partition coefficient (Wildman–Crippen LogP) is -1.61. The van der Waals surface area contributed by atoms with Crippen molar-refractivity contribution in [3.8, 4) is 0 Å². The van der Waals surface area contributed by atoms with Crippen LogP contribution in [0.2, 0.25) is 0 Å². The van der Waals surface area contributed by atoms with E-state index in [4.69, 9.17) is 5.73 Å². The van der Waals surface area contributed by atoms with Crippen LogP contribution in [0, 0.1) is 5.92 Å². The second-order valence-electron chi connectivity index (χ2n) is 5.52. The molecule has 0 aliphatic rings. The lowest BCUT2D eigenvalue weighted by atomic mass is 9.99. The summed E-state index contributed by atoms with van der Waals surface area (Å²) in [7, 11) is 0. The molecule has 144 valence electrons. The van der Waals surface area contributed by atoms with Crippen molar-refractivity contribution >= 4 is 48.9 Å². The first kappa shape index (κ1) is 23.5. The molecule has 0 saturated heterocycles. The van der Waals surface area contributed by atoms with Crippen molar-refractivity contribution in [3.63, 3.8) is 0 Å². The minimum atomic E-state index is -1.15. The summed E-state index contributed by atoms with van der Waals surface area (Å²) in [6, 6.07) is -2.94. The van der Waals surface area contributed by atoms with Gasteiger partial charge in [-0.2, -0.15) is 25.3 Å². The van der Waals surface area contributed by atoms with Gasteiger partial charge < -0.3 is 26.8 Å². The van der Waals surface area contributed by atoms with Gasteiger partial charge in [0.15, 0.2) is 0 Å². The van der Waals surface area contributed by atoms with E-state index in [2.05, 4.69) is 41.2 Å². The number of carbonyl (C=O) groups excluding carboxylic acids is 3. The topological polar surface area (TPSA) is 151 Å². The number of hydrogen-bond acceptors (Lipinski definition) is 7. The molecule has 0 fully saturated rings. The fourth-order valence-electron chi connectivity index (χ4n) is 1.76. The highest BCUT2D eigenvalue weighted by atomic mass is 32.1. The van der Waals surface area contributed by atoms with Gasteiger partial charge in [-0.15, -0.1) is 0 Å². The maximum Gasteiger partial charge on any atom is 0.326 e. The number of nitrogens with two attached hydrogens (primary N) is 1. The highest BCUT2D eigenvalue weighted by molar-refractivity contribution is 7.80. The fourth-order valence-corrected chi connectivity index (χ4v) is 2.18. The summed E-state index contributed by atoms with van der Waals surface area (Å²) >= 11 is 7.87. The van der Waals surface area contributed by atoms with Crippen LogP contribution in [0.3, 0.4) is 0 Å². The number of carboxylic acid groups (broad SMARTS) is 1. The maximum absolute atomic E-state index is 12.2. The molecule has 25 heavy (non-hydrogen) atoms. The number of aliphatic carboxylic acids is 1. The van der Waals surface area contributed by atoms with Gasteiger partial charge >= 0.3 is 5.97 Å². The van der Waals surface area contributed by atoms with Crippen molar-refractivity contribution < 1.29 is 24.3 Å². The Morgan fingerprint density at radius 3 is 2.12 bits per heavy atom. The first-order valence-corrected chi connectivity index (χ1v) is 9.01. The largest absolute Gasteiger partial charge is 0.480 e. The summed E-state index contributed by atoms with van der Waals surface area (Å²) in [5.41, 5.74) is 5.45. The summed E-state index contributed by atoms with van der Waals surface area (Å²) in [6.45, 7) is 3.14. The van der Waals surface area contributed by atoms with E-state index in [0.29, 0.717) is 6.42 Å². The second-order valence-corrected chi connectivity index (χ2v) is 6.25. The highest BCUT2D eigenvalue weighted by Gasteiger charge is 2.29. The summed E-state index contributed by atoms with van der Waals surface area (Å²) in [4.78, 5) is 46.7. The van der Waals surface area contributed by atoms with Gasteiger partial charge in [0, 0.05) is 11.5 Å². The third kappa shape index (κ3) is 8.45. The Bertz CT molecular complexity index is 492. The molecule has 0 saturated carbocycles. The SMILES string of the molecule is CCC(C)C(NC(=O)C(CS)NC(=O)CNC(=O)C(N)CS)C(=O)O. The molecule has 0 aromatic rings. The lowest BCUT2D eigenvalue weighted by Crippen LogP contribution is -2.55. The Kier molecular flexibility index (Phi) is 11.3. The zero-order valence-corrected chi connectivity index (χ0v) is 16.0. The van der Waals surface area contributed by atoms with Gasteiger partial charge in [0.25, 0.3) is 0 Å². The number of amides is 3. The Hall–Kier alpha value is -1.46. The van der Waals surface area contributed by atoms with Gasteiger partial charge in [0.1, 0.15) is 12.1 Å². The van der Waals surface area contributed by atoms with E-state index in [1.54, 1.807) is 6.92 Å². The average molecular weight is 395 g/mol. The quantitative estimate of drug-likeness (QED) is 0.210. The molecule has 9 nitrogen and oxygen atoms in total. The van der Waals surface area contributed by atoms with Crippen LogP contribution in [0.4, 0.5) is 0 Å². The molecule has 3 amide bonds. The van der Waals surface area contributed by atoms with Crippen molar-refractivity contribution in [2.75, 3.05) is 18.1 Å². The standard InChI is InChI=1S/C14H26N4O5S2/c1-3-7(2)11(14(22)23)18-13(21)9(6-25)17-10(19)4-16-12(20)8(15)5-24/h7-9,11,24-25H,3-6,15H2,1-2H3,(H,16,20)(H,17,19)(H,18,21)(H,22,23). The molecule has 0 radical (unpaired) electrons. The zero-order valence-electron chi connectivity index (χ0n) is 14.2. The van der Waals surface area contributed by atoms with Gasteiger partial charge in [-0.05, 0) is 5.92 Å². The maximum atomic E-state index is 12.2. The number of carbonyl (C=O) groups is 4. The molecule has 0 bridgehead atoms. The molecule has 11 heteroatoms. The van der Waals surface area contributed by atoms with Crippen molar-refractivity contribution in [1.29, 1.82) is 0 Å². The molecule has 0 aliphatic carbocycles.